The molecule has 3 aliphatic carbocycles. The molecule has 0 radical (unpaired) electrons. The summed E-state index contributed by atoms with van der Waals surface area (Å²) >= 11 is 14.8. The van der Waals surface area contributed by atoms with Crippen LogP contribution in [0, 0.1) is 35.0 Å². The predicted octanol–water partition coefficient (Wildman–Crippen LogP) is 3.80. The fourth-order valence-corrected chi connectivity index (χ4v) is 9.70. The van der Waals surface area contributed by atoms with E-state index in [1.807, 2.05) is 11.9 Å². The summed E-state index contributed by atoms with van der Waals surface area (Å²) < 4.78 is 3.71. The Morgan fingerprint density at radius 2 is 1.49 bits per heavy atom. The molecule has 3 fully saturated rings. The third-order valence-electron chi connectivity index (χ3n) is 10.4. The number of hydrogen-bond acceptors (Lipinski definition) is 4. The minimum absolute atomic E-state index is 0. The molecular weight excluding hydrogens is 637 g/mol. The molecule has 0 amide bonds. The van der Waals surface area contributed by atoms with Gasteiger partial charge in [-0.05, 0) is 112 Å². The van der Waals surface area contributed by atoms with Crippen molar-refractivity contribution in [1.82, 2.24) is 14.9 Å². The second kappa shape index (κ2) is 25.3. The largest absolute Gasteiger partial charge is 0.412 e. The highest BCUT2D eigenvalue weighted by atomic mass is 35.5. The van der Waals surface area contributed by atoms with Gasteiger partial charge in [-0.15, -0.1) is 23.2 Å². The van der Waals surface area contributed by atoms with Crippen LogP contribution in [-0.2, 0) is 0 Å². The van der Waals surface area contributed by atoms with Crippen LogP contribution in [0.2, 0.25) is 0 Å². The average molecular weight is 711 g/mol. The molecule has 9 nitrogen and oxygen atoms in total. The molecule has 6 atom stereocenters. The van der Waals surface area contributed by atoms with Crippen LogP contribution in [0.5, 0.6) is 0 Å². The number of halogens is 2. The lowest BCUT2D eigenvalue weighted by atomic mass is 9.64. The highest BCUT2D eigenvalue weighted by Gasteiger charge is 2.41. The van der Waals surface area contributed by atoms with Gasteiger partial charge in [-0.25, -0.2) is 0 Å². The van der Waals surface area contributed by atoms with Crippen molar-refractivity contribution in [2.45, 2.75) is 128 Å². The van der Waals surface area contributed by atoms with Gasteiger partial charge in [0.05, 0.1) is 5.38 Å². The van der Waals surface area contributed by atoms with Gasteiger partial charge in [0.1, 0.15) is 0 Å². The SMILES string of the molecule is C.CC(C)[C@H](CN1CC[C@H](C2CCC(Cl)CC2)C(C)(C)C1)NCC1CCCC(CNSC2CCC=CC2Cl)C1.O.O.O.O.O.O. The van der Waals surface area contributed by atoms with E-state index < -0.39 is 0 Å². The third-order valence-corrected chi connectivity index (χ3v) is 12.6. The lowest BCUT2D eigenvalue weighted by Crippen LogP contribution is -2.53. The van der Waals surface area contributed by atoms with Gasteiger partial charge < -0.3 is 43.1 Å². The van der Waals surface area contributed by atoms with Gasteiger partial charge in [-0.3, -0.25) is 4.72 Å². The maximum absolute atomic E-state index is 6.49. The average Bonchev–Trinajstić information content (AvgIpc) is 2.88. The van der Waals surface area contributed by atoms with Gasteiger partial charge in [-0.2, -0.15) is 0 Å². The molecule has 0 spiro atoms. The molecule has 1 heterocycles. The van der Waals surface area contributed by atoms with E-state index in [0.717, 1.165) is 30.2 Å². The number of allylic oxidation sites excluding steroid dienone is 2. The first-order valence-electron chi connectivity index (χ1n) is 16.0. The molecule has 0 aromatic rings. The standard InChI is InChI=1S/C32H57Cl2N3S.CH4.6H2O/c1-23(2)30(21-37-17-16-28(32(3,4)22-37)26-12-14-27(33)15-13-26)35-19-24-8-7-9-25(18-24)20-36-38-31-11-6-5-10-29(31)34;;;;;;;/h5,10,23-31,35-36H,6-9,11-22H2,1-4H3;1H4;6*1H2/t24?,25?,26?,27?,28-,29?,30+,31?;;;;;;;/m1......./s1. The summed E-state index contributed by atoms with van der Waals surface area (Å²) in [6, 6.07) is 0.586. The fraction of sp³-hybridized carbons (Fsp3) is 0.939. The number of piperidine rings is 1. The van der Waals surface area contributed by atoms with Crippen molar-refractivity contribution in [3.63, 3.8) is 0 Å². The lowest BCUT2D eigenvalue weighted by molar-refractivity contribution is 0.00453. The van der Waals surface area contributed by atoms with Gasteiger partial charge in [0, 0.05) is 36.3 Å². The topological polar surface area (TPSA) is 216 Å². The van der Waals surface area contributed by atoms with Crippen LogP contribution in [0.15, 0.2) is 12.2 Å². The van der Waals surface area contributed by atoms with Crippen molar-refractivity contribution in [1.29, 1.82) is 0 Å². The number of alkyl halides is 2. The van der Waals surface area contributed by atoms with Crippen molar-refractivity contribution in [2.24, 2.45) is 35.0 Å². The molecule has 0 aromatic carbocycles. The number of likely N-dealkylation sites (tertiary alicyclic amines) is 1. The number of nitrogens with zero attached hydrogens (tertiary/aromatic N) is 1. The molecule has 45 heavy (non-hydrogen) atoms. The molecular formula is C33H73Cl2N3O6S. The quantitative estimate of drug-likeness (QED) is 0.186. The number of rotatable bonds is 11. The number of nitrogens with one attached hydrogen (secondary N) is 2. The van der Waals surface area contributed by atoms with Crippen molar-refractivity contribution < 1.29 is 32.9 Å². The number of hydrogen-bond donors (Lipinski definition) is 2. The summed E-state index contributed by atoms with van der Waals surface area (Å²) in [5.41, 5.74) is 0.405. The Hall–Kier alpha value is 0.310. The molecule has 1 saturated heterocycles. The molecule has 0 bridgehead atoms. The Kier molecular flexibility index (Phi) is 29.3. The Balaban J connectivity index is -0.00000120. The molecule has 0 aromatic heterocycles. The van der Waals surface area contributed by atoms with Crippen molar-refractivity contribution >= 4 is 35.1 Å². The minimum atomic E-state index is 0. The van der Waals surface area contributed by atoms with Gasteiger partial charge in [0.2, 0.25) is 0 Å². The van der Waals surface area contributed by atoms with E-state index in [4.69, 9.17) is 23.2 Å². The fourth-order valence-electron chi connectivity index (χ4n) is 8.04. The molecule has 4 rings (SSSR count). The summed E-state index contributed by atoms with van der Waals surface area (Å²) in [7, 11) is 0. The van der Waals surface area contributed by atoms with E-state index in [2.05, 4.69) is 54.8 Å². The Bertz CT molecular complexity index is 749. The highest BCUT2D eigenvalue weighted by Crippen LogP contribution is 2.45. The Morgan fingerprint density at radius 1 is 0.867 bits per heavy atom. The minimum Gasteiger partial charge on any atom is -0.412 e. The summed E-state index contributed by atoms with van der Waals surface area (Å²) in [5, 5.41) is 5.20. The van der Waals surface area contributed by atoms with Gasteiger partial charge in [-0.1, -0.05) is 65.6 Å². The lowest BCUT2D eigenvalue weighted by Gasteiger charge is -2.49. The maximum Gasteiger partial charge on any atom is 0.0647 e. The molecule has 12 heteroatoms. The van der Waals surface area contributed by atoms with E-state index in [1.54, 1.807) is 0 Å². The van der Waals surface area contributed by atoms with E-state index in [9.17, 15) is 0 Å². The summed E-state index contributed by atoms with van der Waals surface area (Å²) in [6.45, 7) is 16.0. The van der Waals surface area contributed by atoms with Crippen LogP contribution in [0.1, 0.15) is 106 Å². The van der Waals surface area contributed by atoms with Gasteiger partial charge >= 0.3 is 0 Å². The first-order chi connectivity index (χ1) is 18.2. The summed E-state index contributed by atoms with van der Waals surface area (Å²) in [6.07, 6.45) is 18.8. The zero-order valence-electron chi connectivity index (χ0n) is 27.8. The van der Waals surface area contributed by atoms with Crippen LogP contribution in [0.4, 0.5) is 0 Å². The zero-order valence-corrected chi connectivity index (χ0v) is 30.1. The summed E-state index contributed by atoms with van der Waals surface area (Å²) in [4.78, 5) is 2.79. The van der Waals surface area contributed by atoms with Crippen LogP contribution >= 0.6 is 35.1 Å². The van der Waals surface area contributed by atoms with E-state index in [-0.39, 0.29) is 45.7 Å². The second-order valence-corrected chi connectivity index (χ2v) is 16.5. The van der Waals surface area contributed by atoms with Gasteiger partial charge in [0.15, 0.2) is 0 Å². The predicted molar refractivity (Wildman–Crippen MR) is 198 cm³/mol. The summed E-state index contributed by atoms with van der Waals surface area (Å²) in [5.74, 6) is 4.05. The first kappa shape index (κ1) is 52.1. The third kappa shape index (κ3) is 16.0. The molecule has 4 aliphatic rings. The zero-order chi connectivity index (χ0) is 27.1. The van der Waals surface area contributed by atoms with Crippen LogP contribution in [0.3, 0.4) is 0 Å². The normalized spacial score (nSPS) is 31.6. The molecule has 2 saturated carbocycles. The smallest absolute Gasteiger partial charge is 0.0647 e. The Labute approximate surface area is 289 Å². The van der Waals surface area contributed by atoms with Crippen molar-refractivity contribution in [3.05, 3.63) is 12.2 Å². The molecule has 14 N–H and O–H groups in total. The van der Waals surface area contributed by atoms with Crippen LogP contribution in [0.25, 0.3) is 0 Å². The van der Waals surface area contributed by atoms with Crippen LogP contribution < -0.4 is 10.0 Å². The van der Waals surface area contributed by atoms with E-state index in [0.29, 0.717) is 28.0 Å². The van der Waals surface area contributed by atoms with Gasteiger partial charge in [0.25, 0.3) is 0 Å². The monoisotopic (exact) mass is 709 g/mol. The van der Waals surface area contributed by atoms with E-state index in [1.165, 1.54) is 96.8 Å². The second-order valence-electron chi connectivity index (χ2n) is 14.2. The van der Waals surface area contributed by atoms with Crippen molar-refractivity contribution in [3.8, 4) is 0 Å². The molecule has 1 aliphatic heterocycles. The maximum atomic E-state index is 6.49. The first-order valence-corrected chi connectivity index (χ1v) is 17.8. The molecule has 4 unspecified atom stereocenters. The van der Waals surface area contributed by atoms with E-state index >= 15 is 0 Å². The molecule has 276 valence electrons. The van der Waals surface area contributed by atoms with Crippen LogP contribution in [-0.4, -0.2) is 92.5 Å². The van der Waals surface area contributed by atoms with Crippen molar-refractivity contribution in [2.75, 3.05) is 32.7 Å². The Morgan fingerprint density at radius 3 is 2.07 bits per heavy atom. The highest BCUT2D eigenvalue weighted by molar-refractivity contribution is 7.98.